The highest BCUT2D eigenvalue weighted by atomic mass is 14.8. The van der Waals surface area contributed by atoms with Crippen molar-refractivity contribution in [3.05, 3.63) is 23.8 Å². The van der Waals surface area contributed by atoms with E-state index in [2.05, 4.69) is 30.5 Å². The Kier molecular flexibility index (Phi) is 4.77. The molecule has 1 rings (SSSR count). The molecule has 0 radical (unpaired) electrons. The Morgan fingerprint density at radius 3 is 3.00 bits per heavy atom. The van der Waals surface area contributed by atoms with Gasteiger partial charge in [0.05, 0.1) is 0 Å². The Hall–Kier alpha value is -0.560. The third-order valence-corrected chi connectivity index (χ3v) is 2.11. The van der Waals surface area contributed by atoms with Crippen LogP contribution in [0.15, 0.2) is 23.8 Å². The molecule has 0 aromatic carbocycles. The van der Waals surface area contributed by atoms with Crippen molar-refractivity contribution in [2.45, 2.75) is 32.6 Å². The van der Waals surface area contributed by atoms with Crippen molar-refractivity contribution in [2.24, 2.45) is 0 Å². The van der Waals surface area contributed by atoms with E-state index in [1.54, 1.807) is 0 Å². The Labute approximate surface area is 75.6 Å². The van der Waals surface area contributed by atoms with E-state index >= 15 is 0 Å². The molecule has 1 nitrogen and oxygen atoms in total. The molecule has 1 N–H and O–H groups in total. The summed E-state index contributed by atoms with van der Waals surface area (Å²) in [6.45, 7) is 4.43. The number of unbranched alkanes of at least 4 members (excludes halogenated alkanes) is 1. The molecule has 0 saturated carbocycles. The number of nitrogens with one attached hydrogen (secondary N) is 1. The van der Waals surface area contributed by atoms with Crippen LogP contribution in [-0.2, 0) is 0 Å². The van der Waals surface area contributed by atoms with Gasteiger partial charge in [0.1, 0.15) is 0 Å². The Morgan fingerprint density at radius 2 is 2.33 bits per heavy atom. The van der Waals surface area contributed by atoms with Gasteiger partial charge in [0.2, 0.25) is 0 Å². The van der Waals surface area contributed by atoms with Crippen molar-refractivity contribution >= 4 is 0 Å². The molecular weight excluding hydrogens is 146 g/mol. The van der Waals surface area contributed by atoms with Crippen LogP contribution in [0.5, 0.6) is 0 Å². The Morgan fingerprint density at radius 1 is 1.42 bits per heavy atom. The zero-order valence-electron chi connectivity index (χ0n) is 7.97. The van der Waals surface area contributed by atoms with Crippen LogP contribution in [0.1, 0.15) is 32.6 Å². The van der Waals surface area contributed by atoms with Crippen molar-refractivity contribution in [2.75, 3.05) is 13.1 Å². The van der Waals surface area contributed by atoms with Gasteiger partial charge in [-0.1, -0.05) is 31.6 Å². The molecule has 0 spiro atoms. The van der Waals surface area contributed by atoms with E-state index in [-0.39, 0.29) is 0 Å². The summed E-state index contributed by atoms with van der Waals surface area (Å²) in [6.07, 6.45) is 11.8. The third kappa shape index (κ3) is 3.72. The first-order chi connectivity index (χ1) is 5.93. The molecule has 0 fully saturated rings. The maximum Gasteiger partial charge on any atom is 0.0202 e. The lowest BCUT2D eigenvalue weighted by molar-refractivity contribution is 0.673. The van der Waals surface area contributed by atoms with E-state index in [1.165, 1.54) is 31.3 Å². The zero-order valence-corrected chi connectivity index (χ0v) is 7.97. The molecule has 12 heavy (non-hydrogen) atoms. The third-order valence-electron chi connectivity index (χ3n) is 2.11. The standard InChI is InChI=1S/C11H19N/c1-2-3-9-12-10-11-7-5-4-6-8-11/h5,7-8,12H,2-4,6,9-10H2,1H3. The number of hydrogen-bond acceptors (Lipinski definition) is 1. The fourth-order valence-electron chi connectivity index (χ4n) is 1.33. The SMILES string of the molecule is CCCCNCC1=CCCC=C1. The van der Waals surface area contributed by atoms with Crippen molar-refractivity contribution in [1.29, 1.82) is 0 Å². The van der Waals surface area contributed by atoms with Gasteiger partial charge in [-0.2, -0.15) is 0 Å². The molecule has 0 saturated heterocycles. The monoisotopic (exact) mass is 165 g/mol. The molecule has 0 aliphatic heterocycles. The molecule has 1 heteroatoms. The molecule has 1 aliphatic rings. The van der Waals surface area contributed by atoms with Crippen LogP contribution in [0, 0.1) is 0 Å². The fourth-order valence-corrected chi connectivity index (χ4v) is 1.33. The Balaban J connectivity index is 2.06. The highest BCUT2D eigenvalue weighted by molar-refractivity contribution is 5.23. The second-order valence-electron chi connectivity index (χ2n) is 3.29. The summed E-state index contributed by atoms with van der Waals surface area (Å²) in [7, 11) is 0. The molecule has 1 aliphatic carbocycles. The summed E-state index contributed by atoms with van der Waals surface area (Å²) < 4.78 is 0. The molecule has 0 aromatic rings. The van der Waals surface area contributed by atoms with Gasteiger partial charge in [-0.25, -0.2) is 0 Å². The maximum absolute atomic E-state index is 3.44. The summed E-state index contributed by atoms with van der Waals surface area (Å²) in [5.41, 5.74) is 1.46. The molecule has 68 valence electrons. The van der Waals surface area contributed by atoms with Crippen LogP contribution in [-0.4, -0.2) is 13.1 Å². The van der Waals surface area contributed by atoms with Crippen molar-refractivity contribution in [3.8, 4) is 0 Å². The van der Waals surface area contributed by atoms with Crippen LogP contribution in [0.2, 0.25) is 0 Å². The molecule has 0 unspecified atom stereocenters. The average Bonchev–Trinajstić information content (AvgIpc) is 2.14. The maximum atomic E-state index is 3.44. The van der Waals surface area contributed by atoms with Gasteiger partial charge in [0.15, 0.2) is 0 Å². The fraction of sp³-hybridized carbons (Fsp3) is 0.636. The van der Waals surface area contributed by atoms with Crippen LogP contribution >= 0.6 is 0 Å². The van der Waals surface area contributed by atoms with Gasteiger partial charge < -0.3 is 5.32 Å². The molecule has 0 aromatic heterocycles. The van der Waals surface area contributed by atoms with Gasteiger partial charge in [-0.15, -0.1) is 0 Å². The number of hydrogen-bond donors (Lipinski definition) is 1. The van der Waals surface area contributed by atoms with Crippen LogP contribution in [0.4, 0.5) is 0 Å². The quantitative estimate of drug-likeness (QED) is 0.617. The minimum Gasteiger partial charge on any atom is -0.313 e. The predicted molar refractivity (Wildman–Crippen MR) is 54.2 cm³/mol. The lowest BCUT2D eigenvalue weighted by Crippen LogP contribution is -2.18. The van der Waals surface area contributed by atoms with Crippen molar-refractivity contribution < 1.29 is 0 Å². The molecule has 0 bridgehead atoms. The van der Waals surface area contributed by atoms with E-state index in [1.807, 2.05) is 0 Å². The van der Waals surface area contributed by atoms with E-state index in [0.29, 0.717) is 0 Å². The second-order valence-corrected chi connectivity index (χ2v) is 3.29. The summed E-state index contributed by atoms with van der Waals surface area (Å²) in [4.78, 5) is 0. The summed E-state index contributed by atoms with van der Waals surface area (Å²) in [6, 6.07) is 0. The zero-order chi connectivity index (χ0) is 8.65. The minimum atomic E-state index is 1.05. The molecular formula is C11H19N. The van der Waals surface area contributed by atoms with Crippen molar-refractivity contribution in [3.63, 3.8) is 0 Å². The topological polar surface area (TPSA) is 12.0 Å². The predicted octanol–water partition coefficient (Wildman–Crippen LogP) is 2.65. The van der Waals surface area contributed by atoms with Gasteiger partial charge in [0.25, 0.3) is 0 Å². The highest BCUT2D eigenvalue weighted by Crippen LogP contribution is 2.07. The highest BCUT2D eigenvalue weighted by Gasteiger charge is 1.95. The minimum absolute atomic E-state index is 1.05. The largest absolute Gasteiger partial charge is 0.313 e. The summed E-state index contributed by atoms with van der Waals surface area (Å²) >= 11 is 0. The van der Waals surface area contributed by atoms with Gasteiger partial charge in [0, 0.05) is 6.54 Å². The average molecular weight is 165 g/mol. The molecule has 0 heterocycles. The van der Waals surface area contributed by atoms with E-state index in [9.17, 15) is 0 Å². The first kappa shape index (κ1) is 9.53. The lowest BCUT2D eigenvalue weighted by atomic mass is 10.1. The van der Waals surface area contributed by atoms with E-state index < -0.39 is 0 Å². The normalized spacial score (nSPS) is 16.2. The van der Waals surface area contributed by atoms with Gasteiger partial charge in [-0.3, -0.25) is 0 Å². The number of allylic oxidation sites excluding steroid dienone is 2. The van der Waals surface area contributed by atoms with Crippen LogP contribution in [0.3, 0.4) is 0 Å². The second kappa shape index (κ2) is 6.01. The van der Waals surface area contributed by atoms with Crippen LogP contribution in [0.25, 0.3) is 0 Å². The molecule has 0 atom stereocenters. The first-order valence-corrected chi connectivity index (χ1v) is 4.99. The number of rotatable bonds is 5. The lowest BCUT2D eigenvalue weighted by Gasteiger charge is -2.07. The first-order valence-electron chi connectivity index (χ1n) is 4.99. The van der Waals surface area contributed by atoms with E-state index in [0.717, 1.165) is 13.1 Å². The summed E-state index contributed by atoms with van der Waals surface area (Å²) in [5, 5.41) is 3.44. The summed E-state index contributed by atoms with van der Waals surface area (Å²) in [5.74, 6) is 0. The van der Waals surface area contributed by atoms with Crippen LogP contribution < -0.4 is 5.32 Å². The Bertz CT molecular complexity index is 168. The smallest absolute Gasteiger partial charge is 0.0202 e. The van der Waals surface area contributed by atoms with Gasteiger partial charge in [-0.05, 0) is 31.4 Å². The molecule has 0 amide bonds. The van der Waals surface area contributed by atoms with E-state index in [4.69, 9.17) is 0 Å². The van der Waals surface area contributed by atoms with Gasteiger partial charge >= 0.3 is 0 Å². The van der Waals surface area contributed by atoms with Crippen molar-refractivity contribution in [1.82, 2.24) is 5.32 Å².